The van der Waals surface area contributed by atoms with E-state index in [4.69, 9.17) is 11.6 Å². The van der Waals surface area contributed by atoms with E-state index in [0.717, 1.165) is 23.6 Å². The average molecular weight is 204 g/mol. The molecule has 0 saturated carbocycles. The van der Waals surface area contributed by atoms with Gasteiger partial charge in [-0.05, 0) is 18.6 Å². The van der Waals surface area contributed by atoms with Crippen LogP contribution in [-0.2, 0) is 11.2 Å². The van der Waals surface area contributed by atoms with E-state index in [0.29, 0.717) is 6.54 Å². The molecule has 0 unspecified atom stereocenters. The predicted octanol–water partition coefficient (Wildman–Crippen LogP) is 1.73. The van der Waals surface area contributed by atoms with Crippen molar-refractivity contribution >= 4 is 29.2 Å². The summed E-state index contributed by atoms with van der Waals surface area (Å²) in [5.41, 5.74) is 0. The van der Waals surface area contributed by atoms with Crippen molar-refractivity contribution in [3.8, 4) is 0 Å². The van der Waals surface area contributed by atoms with Crippen molar-refractivity contribution in [1.82, 2.24) is 5.32 Å². The van der Waals surface area contributed by atoms with Gasteiger partial charge in [0.1, 0.15) is 6.29 Å². The number of carbonyl (C=O) groups excluding carboxylic acids is 1. The van der Waals surface area contributed by atoms with Crippen LogP contribution in [0.25, 0.3) is 0 Å². The van der Waals surface area contributed by atoms with Crippen LogP contribution in [0.15, 0.2) is 12.1 Å². The van der Waals surface area contributed by atoms with E-state index in [2.05, 4.69) is 5.32 Å². The third-order valence-corrected chi connectivity index (χ3v) is 2.70. The highest BCUT2D eigenvalue weighted by Crippen LogP contribution is 2.21. The fourth-order valence-corrected chi connectivity index (χ4v) is 1.95. The topological polar surface area (TPSA) is 29.1 Å². The third kappa shape index (κ3) is 3.34. The summed E-state index contributed by atoms with van der Waals surface area (Å²) >= 11 is 7.33. The second kappa shape index (κ2) is 5.30. The Morgan fingerprint density at radius 3 is 3.00 bits per heavy atom. The van der Waals surface area contributed by atoms with Crippen LogP contribution in [0.1, 0.15) is 4.88 Å². The number of rotatable bonds is 5. The lowest BCUT2D eigenvalue weighted by Crippen LogP contribution is -2.18. The van der Waals surface area contributed by atoms with Gasteiger partial charge in [-0.2, -0.15) is 0 Å². The molecule has 0 atom stereocenters. The van der Waals surface area contributed by atoms with Crippen molar-refractivity contribution in [3.63, 3.8) is 0 Å². The summed E-state index contributed by atoms with van der Waals surface area (Å²) in [4.78, 5) is 11.2. The lowest BCUT2D eigenvalue weighted by atomic mass is 10.3. The van der Waals surface area contributed by atoms with Gasteiger partial charge in [-0.25, -0.2) is 0 Å². The van der Waals surface area contributed by atoms with Crippen molar-refractivity contribution < 1.29 is 4.79 Å². The molecule has 0 saturated heterocycles. The standard InChI is InChI=1S/C8H10ClNOS/c9-8-2-1-7(12-8)3-4-10-5-6-11/h1-2,6,10H,3-5H2. The monoisotopic (exact) mass is 203 g/mol. The Morgan fingerprint density at radius 1 is 1.58 bits per heavy atom. The highest BCUT2D eigenvalue weighted by molar-refractivity contribution is 7.16. The van der Waals surface area contributed by atoms with Crippen molar-refractivity contribution in [2.75, 3.05) is 13.1 Å². The Morgan fingerprint density at radius 2 is 2.42 bits per heavy atom. The molecule has 1 aromatic heterocycles. The summed E-state index contributed by atoms with van der Waals surface area (Å²) in [6.45, 7) is 1.26. The minimum Gasteiger partial charge on any atom is -0.310 e. The summed E-state index contributed by atoms with van der Waals surface area (Å²) in [5, 5.41) is 2.99. The maximum absolute atomic E-state index is 9.94. The molecule has 0 fully saturated rings. The number of hydrogen-bond donors (Lipinski definition) is 1. The number of carbonyl (C=O) groups is 1. The quantitative estimate of drug-likeness (QED) is 0.584. The van der Waals surface area contributed by atoms with Crippen LogP contribution in [0.2, 0.25) is 4.34 Å². The smallest absolute Gasteiger partial charge is 0.133 e. The zero-order valence-corrected chi connectivity index (χ0v) is 8.12. The summed E-state index contributed by atoms with van der Waals surface area (Å²) in [5.74, 6) is 0. The molecule has 0 aliphatic carbocycles. The number of hydrogen-bond acceptors (Lipinski definition) is 3. The van der Waals surface area contributed by atoms with E-state index in [-0.39, 0.29) is 0 Å². The van der Waals surface area contributed by atoms with E-state index >= 15 is 0 Å². The maximum atomic E-state index is 9.94. The number of thiophene rings is 1. The van der Waals surface area contributed by atoms with E-state index in [1.165, 1.54) is 4.88 Å². The Kier molecular flexibility index (Phi) is 4.29. The molecule has 1 heterocycles. The van der Waals surface area contributed by atoms with Gasteiger partial charge in [-0.3, -0.25) is 0 Å². The molecule has 0 aliphatic heterocycles. The van der Waals surface area contributed by atoms with Gasteiger partial charge in [0.15, 0.2) is 0 Å². The van der Waals surface area contributed by atoms with E-state index < -0.39 is 0 Å². The molecule has 0 aromatic carbocycles. The lowest BCUT2D eigenvalue weighted by molar-refractivity contribution is -0.107. The lowest BCUT2D eigenvalue weighted by Gasteiger charge is -1.96. The molecule has 66 valence electrons. The minimum absolute atomic E-state index is 0.430. The molecule has 0 radical (unpaired) electrons. The van der Waals surface area contributed by atoms with Crippen molar-refractivity contribution in [2.24, 2.45) is 0 Å². The Hall–Kier alpha value is -0.380. The molecule has 0 amide bonds. The fourth-order valence-electron chi connectivity index (χ4n) is 0.859. The SMILES string of the molecule is O=CCNCCc1ccc(Cl)s1. The predicted molar refractivity (Wildman–Crippen MR) is 52.0 cm³/mol. The first-order chi connectivity index (χ1) is 5.83. The zero-order chi connectivity index (χ0) is 8.81. The molecule has 4 heteroatoms. The van der Waals surface area contributed by atoms with Crippen LogP contribution in [0.5, 0.6) is 0 Å². The third-order valence-electron chi connectivity index (χ3n) is 1.40. The van der Waals surface area contributed by atoms with Gasteiger partial charge in [-0.1, -0.05) is 11.6 Å². The molecule has 0 spiro atoms. The van der Waals surface area contributed by atoms with Crippen LogP contribution < -0.4 is 5.32 Å². The zero-order valence-electron chi connectivity index (χ0n) is 6.55. The molecule has 2 nitrogen and oxygen atoms in total. The molecule has 0 bridgehead atoms. The van der Waals surface area contributed by atoms with Gasteiger partial charge in [0.05, 0.1) is 10.9 Å². The summed E-state index contributed by atoms with van der Waals surface area (Å²) in [6.07, 6.45) is 1.80. The number of nitrogens with one attached hydrogen (secondary N) is 1. The second-order valence-corrected chi connectivity index (χ2v) is 4.13. The Bertz CT molecular complexity index is 249. The number of halogens is 1. The molecular formula is C8H10ClNOS. The van der Waals surface area contributed by atoms with Crippen LogP contribution in [0, 0.1) is 0 Å². The fraction of sp³-hybridized carbons (Fsp3) is 0.375. The van der Waals surface area contributed by atoms with Crippen molar-refractivity contribution in [1.29, 1.82) is 0 Å². The minimum atomic E-state index is 0.430. The van der Waals surface area contributed by atoms with Crippen molar-refractivity contribution in [3.05, 3.63) is 21.3 Å². The van der Waals surface area contributed by atoms with Crippen LogP contribution in [0.4, 0.5) is 0 Å². The van der Waals surface area contributed by atoms with Gasteiger partial charge in [0.2, 0.25) is 0 Å². The largest absolute Gasteiger partial charge is 0.310 e. The first-order valence-corrected chi connectivity index (χ1v) is 4.91. The highest BCUT2D eigenvalue weighted by atomic mass is 35.5. The Balaban J connectivity index is 2.19. The highest BCUT2D eigenvalue weighted by Gasteiger charge is 1.96. The molecule has 1 aromatic rings. The summed E-state index contributed by atoms with van der Waals surface area (Å²) in [6, 6.07) is 3.90. The average Bonchev–Trinajstić information content (AvgIpc) is 2.45. The normalized spacial score (nSPS) is 10.1. The molecule has 1 rings (SSSR count). The maximum Gasteiger partial charge on any atom is 0.133 e. The van der Waals surface area contributed by atoms with Gasteiger partial charge in [0, 0.05) is 11.4 Å². The van der Waals surface area contributed by atoms with E-state index in [1.807, 2.05) is 12.1 Å². The van der Waals surface area contributed by atoms with Gasteiger partial charge < -0.3 is 10.1 Å². The Labute approximate surface area is 80.5 Å². The van der Waals surface area contributed by atoms with Gasteiger partial charge in [-0.15, -0.1) is 11.3 Å². The van der Waals surface area contributed by atoms with Gasteiger partial charge >= 0.3 is 0 Å². The molecular weight excluding hydrogens is 194 g/mol. The molecule has 0 aliphatic rings. The number of aldehydes is 1. The first kappa shape index (κ1) is 9.71. The van der Waals surface area contributed by atoms with Gasteiger partial charge in [0.25, 0.3) is 0 Å². The van der Waals surface area contributed by atoms with Crippen molar-refractivity contribution in [2.45, 2.75) is 6.42 Å². The van der Waals surface area contributed by atoms with Crippen LogP contribution in [0.3, 0.4) is 0 Å². The first-order valence-electron chi connectivity index (χ1n) is 3.71. The second-order valence-electron chi connectivity index (χ2n) is 2.33. The summed E-state index contributed by atoms with van der Waals surface area (Å²) < 4.78 is 0.820. The molecule has 1 N–H and O–H groups in total. The summed E-state index contributed by atoms with van der Waals surface area (Å²) in [7, 11) is 0. The van der Waals surface area contributed by atoms with E-state index in [9.17, 15) is 4.79 Å². The van der Waals surface area contributed by atoms with Crippen LogP contribution >= 0.6 is 22.9 Å². The van der Waals surface area contributed by atoms with Crippen LogP contribution in [-0.4, -0.2) is 19.4 Å². The molecule has 12 heavy (non-hydrogen) atoms. The van der Waals surface area contributed by atoms with E-state index in [1.54, 1.807) is 11.3 Å².